The Hall–Kier alpha value is -3.39. The van der Waals surface area contributed by atoms with Crippen molar-refractivity contribution in [2.24, 2.45) is 5.73 Å². The molecule has 0 aliphatic carbocycles. The Morgan fingerprint density at radius 2 is 1.56 bits per heavy atom. The Labute approximate surface area is 156 Å². The van der Waals surface area contributed by atoms with Crippen LogP contribution in [0.4, 0.5) is 16.2 Å². The summed E-state index contributed by atoms with van der Waals surface area (Å²) < 4.78 is 4.72. The van der Waals surface area contributed by atoms with Gasteiger partial charge in [-0.25, -0.2) is 4.79 Å². The van der Waals surface area contributed by atoms with Gasteiger partial charge < -0.3 is 20.9 Å². The number of hydrogen-bond acceptors (Lipinski definition) is 5. The molecule has 0 saturated heterocycles. The average Bonchev–Trinajstić information content (AvgIpc) is 2.63. The van der Waals surface area contributed by atoms with Crippen molar-refractivity contribution in [1.29, 1.82) is 0 Å². The number of carboxylic acids is 1. The average molecular weight is 371 g/mol. The number of ether oxygens (including phenoxy) is 1. The number of rotatable bonds is 8. The van der Waals surface area contributed by atoms with E-state index in [0.29, 0.717) is 17.8 Å². The number of nitrogens with two attached hydrogens (primary N) is 1. The number of benzene rings is 2. The lowest BCUT2D eigenvalue weighted by molar-refractivity contribution is -0.137. The molecule has 27 heavy (non-hydrogen) atoms. The minimum Gasteiger partial charge on any atom is -0.481 e. The van der Waals surface area contributed by atoms with Crippen LogP contribution in [-0.4, -0.2) is 35.7 Å². The number of amides is 2. The van der Waals surface area contributed by atoms with Gasteiger partial charge >= 0.3 is 12.1 Å². The predicted molar refractivity (Wildman–Crippen MR) is 100 cm³/mol. The van der Waals surface area contributed by atoms with Crippen LogP contribution in [0, 0.1) is 0 Å². The molecule has 0 bridgehead atoms. The van der Waals surface area contributed by atoms with Crippen LogP contribution in [0.15, 0.2) is 54.6 Å². The van der Waals surface area contributed by atoms with Gasteiger partial charge in [0.15, 0.2) is 0 Å². The highest BCUT2D eigenvalue weighted by molar-refractivity contribution is 5.95. The van der Waals surface area contributed by atoms with Gasteiger partial charge in [0.2, 0.25) is 5.91 Å². The van der Waals surface area contributed by atoms with E-state index in [2.05, 4.69) is 10.6 Å². The second-order valence-corrected chi connectivity index (χ2v) is 5.77. The Morgan fingerprint density at radius 3 is 2.15 bits per heavy atom. The molecular weight excluding hydrogens is 350 g/mol. The third kappa shape index (κ3) is 7.17. The predicted octanol–water partition coefficient (Wildman–Crippen LogP) is 2.22. The second-order valence-electron chi connectivity index (χ2n) is 5.77. The summed E-state index contributed by atoms with van der Waals surface area (Å²) in [5, 5.41) is 13.7. The molecule has 2 aromatic carbocycles. The topological polar surface area (TPSA) is 131 Å². The molecule has 1 atom stereocenters. The van der Waals surface area contributed by atoms with Crippen molar-refractivity contribution < 1.29 is 24.2 Å². The van der Waals surface area contributed by atoms with Crippen LogP contribution in [-0.2, 0) is 20.7 Å². The minimum atomic E-state index is -1.05. The van der Waals surface area contributed by atoms with E-state index < -0.39 is 18.1 Å². The van der Waals surface area contributed by atoms with Crippen LogP contribution in [0.5, 0.6) is 0 Å². The molecule has 0 aliphatic rings. The smallest absolute Gasteiger partial charge is 0.411 e. The molecule has 2 aromatic rings. The molecule has 0 fully saturated rings. The molecule has 142 valence electrons. The summed E-state index contributed by atoms with van der Waals surface area (Å²) in [7, 11) is 0. The number of aliphatic carboxylic acids is 1. The summed E-state index contributed by atoms with van der Waals surface area (Å²) in [6, 6.07) is 15.2. The number of carboxylic acid groups (broad SMARTS) is 1. The molecule has 0 saturated carbocycles. The van der Waals surface area contributed by atoms with Crippen LogP contribution in [0.3, 0.4) is 0 Å². The monoisotopic (exact) mass is 371 g/mol. The molecule has 0 radical (unpaired) electrons. The van der Waals surface area contributed by atoms with E-state index >= 15 is 0 Å². The first kappa shape index (κ1) is 19.9. The van der Waals surface area contributed by atoms with E-state index in [4.69, 9.17) is 15.6 Å². The van der Waals surface area contributed by atoms with Crippen LogP contribution in [0.1, 0.15) is 12.0 Å². The first-order chi connectivity index (χ1) is 12.9. The molecule has 2 amide bonds. The van der Waals surface area contributed by atoms with Gasteiger partial charge in [-0.15, -0.1) is 0 Å². The van der Waals surface area contributed by atoms with Crippen molar-refractivity contribution in [3.63, 3.8) is 0 Å². The number of anilines is 2. The van der Waals surface area contributed by atoms with Gasteiger partial charge in [0.05, 0.1) is 12.5 Å². The van der Waals surface area contributed by atoms with Crippen molar-refractivity contribution in [2.75, 3.05) is 17.2 Å². The number of hydrogen-bond donors (Lipinski definition) is 4. The molecule has 5 N–H and O–H groups in total. The number of nitrogens with one attached hydrogen (secondary N) is 2. The Bertz CT molecular complexity index is 778. The van der Waals surface area contributed by atoms with Gasteiger partial charge in [-0.05, 0) is 36.2 Å². The summed E-state index contributed by atoms with van der Waals surface area (Å²) in [5.41, 5.74) is 7.89. The molecule has 8 heteroatoms. The van der Waals surface area contributed by atoms with E-state index in [1.165, 1.54) is 0 Å². The Kier molecular flexibility index (Phi) is 7.33. The first-order valence-corrected chi connectivity index (χ1v) is 8.30. The normalized spacial score (nSPS) is 11.3. The number of carbonyl (C=O) groups excluding carboxylic acids is 2. The highest BCUT2D eigenvalue weighted by atomic mass is 16.5. The van der Waals surface area contributed by atoms with E-state index in [-0.39, 0.29) is 18.9 Å². The maximum Gasteiger partial charge on any atom is 0.411 e. The SMILES string of the molecule is NC(Cc1ccccc1)C(=O)Nc1ccc(NC(=O)OCCC(=O)O)cc1. The fraction of sp³-hybridized carbons (Fsp3) is 0.211. The van der Waals surface area contributed by atoms with Crippen molar-refractivity contribution >= 4 is 29.3 Å². The lowest BCUT2D eigenvalue weighted by atomic mass is 10.1. The van der Waals surface area contributed by atoms with Gasteiger partial charge in [0.25, 0.3) is 0 Å². The van der Waals surface area contributed by atoms with Gasteiger partial charge in [0, 0.05) is 11.4 Å². The third-order valence-electron chi connectivity index (χ3n) is 3.58. The van der Waals surface area contributed by atoms with E-state index in [1.807, 2.05) is 30.3 Å². The lowest BCUT2D eigenvalue weighted by Gasteiger charge is -2.13. The fourth-order valence-corrected chi connectivity index (χ4v) is 2.22. The molecule has 0 aromatic heterocycles. The zero-order valence-corrected chi connectivity index (χ0v) is 14.6. The zero-order chi connectivity index (χ0) is 19.6. The van der Waals surface area contributed by atoms with Crippen molar-refractivity contribution in [3.8, 4) is 0 Å². The molecule has 0 heterocycles. The van der Waals surface area contributed by atoms with E-state index in [1.54, 1.807) is 24.3 Å². The van der Waals surface area contributed by atoms with Crippen LogP contribution < -0.4 is 16.4 Å². The van der Waals surface area contributed by atoms with Gasteiger partial charge in [0.1, 0.15) is 6.61 Å². The van der Waals surface area contributed by atoms with Gasteiger partial charge in [-0.2, -0.15) is 0 Å². The molecule has 2 rings (SSSR count). The van der Waals surface area contributed by atoms with E-state index in [0.717, 1.165) is 5.56 Å². The highest BCUT2D eigenvalue weighted by Gasteiger charge is 2.14. The van der Waals surface area contributed by atoms with Crippen LogP contribution in [0.2, 0.25) is 0 Å². The fourth-order valence-electron chi connectivity index (χ4n) is 2.22. The third-order valence-corrected chi connectivity index (χ3v) is 3.58. The summed E-state index contributed by atoms with van der Waals surface area (Å²) >= 11 is 0. The van der Waals surface area contributed by atoms with Gasteiger partial charge in [-0.3, -0.25) is 14.9 Å². The molecular formula is C19H21N3O5. The number of carbonyl (C=O) groups is 3. The Morgan fingerprint density at radius 1 is 0.963 bits per heavy atom. The minimum absolute atomic E-state index is 0.214. The van der Waals surface area contributed by atoms with Crippen LogP contribution >= 0.6 is 0 Å². The Balaban J connectivity index is 1.81. The zero-order valence-electron chi connectivity index (χ0n) is 14.6. The maximum atomic E-state index is 12.2. The lowest BCUT2D eigenvalue weighted by Crippen LogP contribution is -2.37. The summed E-state index contributed by atoms with van der Waals surface area (Å²) in [6.07, 6.45) is -0.589. The molecule has 0 aliphatic heterocycles. The summed E-state index contributed by atoms with van der Waals surface area (Å²) in [4.78, 5) is 34.0. The largest absolute Gasteiger partial charge is 0.481 e. The van der Waals surface area contributed by atoms with E-state index in [9.17, 15) is 14.4 Å². The summed E-state index contributed by atoms with van der Waals surface area (Å²) in [5.74, 6) is -1.36. The van der Waals surface area contributed by atoms with Crippen molar-refractivity contribution in [1.82, 2.24) is 0 Å². The first-order valence-electron chi connectivity index (χ1n) is 8.30. The highest BCUT2D eigenvalue weighted by Crippen LogP contribution is 2.14. The maximum absolute atomic E-state index is 12.2. The van der Waals surface area contributed by atoms with Crippen molar-refractivity contribution in [2.45, 2.75) is 18.9 Å². The van der Waals surface area contributed by atoms with Gasteiger partial charge in [-0.1, -0.05) is 30.3 Å². The van der Waals surface area contributed by atoms with Crippen LogP contribution in [0.25, 0.3) is 0 Å². The molecule has 8 nitrogen and oxygen atoms in total. The molecule has 1 unspecified atom stereocenters. The quantitative estimate of drug-likeness (QED) is 0.563. The van der Waals surface area contributed by atoms with Crippen molar-refractivity contribution in [3.05, 3.63) is 60.2 Å². The second kappa shape index (κ2) is 9.93. The summed E-state index contributed by atoms with van der Waals surface area (Å²) in [6.45, 7) is -0.214. The molecule has 0 spiro atoms. The standard InChI is InChI=1S/C19H21N3O5/c20-16(12-13-4-2-1-3-5-13)18(25)21-14-6-8-15(9-7-14)22-19(26)27-11-10-17(23)24/h1-9,16H,10-12,20H2,(H,21,25)(H,22,26)(H,23,24).